The van der Waals surface area contributed by atoms with E-state index >= 15 is 0 Å². The predicted molar refractivity (Wildman–Crippen MR) is 99.6 cm³/mol. The Morgan fingerprint density at radius 3 is 2.76 bits per heavy atom. The van der Waals surface area contributed by atoms with E-state index in [1.54, 1.807) is 11.8 Å². The van der Waals surface area contributed by atoms with E-state index in [9.17, 15) is 4.79 Å². The van der Waals surface area contributed by atoms with Gasteiger partial charge in [0.2, 0.25) is 5.91 Å². The van der Waals surface area contributed by atoms with Gasteiger partial charge in [0.25, 0.3) is 0 Å². The smallest absolute Gasteiger partial charge is 0.233 e. The lowest BCUT2D eigenvalue weighted by atomic mass is 9.78. The molecule has 2 aliphatic carbocycles. The molecule has 0 bridgehead atoms. The number of rotatable bonds is 6. The maximum atomic E-state index is 12.9. The molecule has 1 saturated heterocycles. The number of hydrogen-bond donors (Lipinski definition) is 0. The molecular formula is C19H28N4OS. The van der Waals surface area contributed by atoms with Gasteiger partial charge in [0.05, 0.1) is 5.75 Å². The number of carbonyl (C=O) groups excluding carboxylic acids is 1. The second kappa shape index (κ2) is 7.52. The number of fused-ring (bicyclic) bond motifs is 1. The second-order valence-electron chi connectivity index (χ2n) is 7.64. The molecule has 4 rings (SSSR count). The summed E-state index contributed by atoms with van der Waals surface area (Å²) in [4.78, 5) is 15.1. The van der Waals surface area contributed by atoms with Gasteiger partial charge in [0, 0.05) is 25.0 Å². The number of aromatic nitrogens is 3. The molecule has 5 nitrogen and oxygen atoms in total. The normalized spacial score (nSPS) is 26.3. The van der Waals surface area contributed by atoms with Gasteiger partial charge in [0.1, 0.15) is 5.82 Å². The third kappa shape index (κ3) is 3.64. The van der Waals surface area contributed by atoms with Crippen LogP contribution in [0.25, 0.3) is 0 Å². The van der Waals surface area contributed by atoms with Crippen LogP contribution < -0.4 is 0 Å². The van der Waals surface area contributed by atoms with Crippen LogP contribution in [0.15, 0.2) is 17.8 Å². The van der Waals surface area contributed by atoms with Crippen molar-refractivity contribution in [2.24, 2.45) is 5.92 Å². The largest absolute Gasteiger partial charge is 0.339 e. The molecule has 3 fully saturated rings. The lowest BCUT2D eigenvalue weighted by Crippen LogP contribution is -2.50. The first-order valence-corrected chi connectivity index (χ1v) is 10.7. The highest BCUT2D eigenvalue weighted by Gasteiger charge is 2.36. The van der Waals surface area contributed by atoms with Crippen molar-refractivity contribution >= 4 is 17.7 Å². The summed E-state index contributed by atoms with van der Waals surface area (Å²) >= 11 is 1.54. The van der Waals surface area contributed by atoms with Crippen molar-refractivity contribution in [2.75, 3.05) is 12.3 Å². The van der Waals surface area contributed by atoms with Crippen molar-refractivity contribution < 1.29 is 4.79 Å². The SMILES string of the molecule is C=CCn1c(SCC(=O)N2CCCC3CCCCC32)nnc1C1CC1. The average Bonchev–Trinajstić information content (AvgIpc) is 3.41. The van der Waals surface area contributed by atoms with Gasteiger partial charge in [-0.2, -0.15) is 0 Å². The molecule has 1 aromatic rings. The van der Waals surface area contributed by atoms with Gasteiger partial charge in [-0.25, -0.2) is 0 Å². The number of carbonyl (C=O) groups is 1. The Morgan fingerprint density at radius 2 is 1.96 bits per heavy atom. The molecule has 2 atom stereocenters. The van der Waals surface area contributed by atoms with Crippen LogP contribution >= 0.6 is 11.8 Å². The molecule has 136 valence electrons. The minimum absolute atomic E-state index is 0.280. The van der Waals surface area contributed by atoms with Gasteiger partial charge in [-0.15, -0.1) is 16.8 Å². The first-order chi connectivity index (χ1) is 12.3. The zero-order valence-electron chi connectivity index (χ0n) is 14.9. The zero-order valence-corrected chi connectivity index (χ0v) is 15.7. The summed E-state index contributed by atoms with van der Waals surface area (Å²) in [7, 11) is 0. The summed E-state index contributed by atoms with van der Waals surface area (Å²) in [5, 5.41) is 9.59. The summed E-state index contributed by atoms with van der Waals surface area (Å²) in [5.41, 5.74) is 0. The number of likely N-dealkylation sites (tertiary alicyclic amines) is 1. The van der Waals surface area contributed by atoms with E-state index in [1.165, 1.54) is 44.9 Å². The van der Waals surface area contributed by atoms with Gasteiger partial charge in [-0.3, -0.25) is 4.79 Å². The van der Waals surface area contributed by atoms with Crippen LogP contribution in [-0.4, -0.2) is 43.9 Å². The van der Waals surface area contributed by atoms with Crippen molar-refractivity contribution in [1.82, 2.24) is 19.7 Å². The first-order valence-electron chi connectivity index (χ1n) is 9.74. The molecule has 3 aliphatic rings. The maximum absolute atomic E-state index is 12.9. The third-order valence-electron chi connectivity index (χ3n) is 5.89. The number of piperidine rings is 1. The van der Waals surface area contributed by atoms with E-state index < -0.39 is 0 Å². The van der Waals surface area contributed by atoms with Crippen LogP contribution in [0.2, 0.25) is 0 Å². The molecule has 1 amide bonds. The molecule has 0 aromatic carbocycles. The lowest BCUT2D eigenvalue weighted by molar-refractivity contribution is -0.134. The molecule has 1 aromatic heterocycles. The van der Waals surface area contributed by atoms with Crippen molar-refractivity contribution in [1.29, 1.82) is 0 Å². The fourth-order valence-electron chi connectivity index (χ4n) is 4.49. The van der Waals surface area contributed by atoms with Crippen LogP contribution in [0.5, 0.6) is 0 Å². The van der Waals surface area contributed by atoms with E-state index in [4.69, 9.17) is 0 Å². The molecule has 0 spiro atoms. The zero-order chi connectivity index (χ0) is 17.2. The predicted octanol–water partition coefficient (Wildman–Crippen LogP) is 3.61. The molecule has 0 N–H and O–H groups in total. The monoisotopic (exact) mass is 360 g/mol. The van der Waals surface area contributed by atoms with Crippen molar-refractivity contribution in [3.05, 3.63) is 18.5 Å². The van der Waals surface area contributed by atoms with Crippen LogP contribution in [0.4, 0.5) is 0 Å². The van der Waals surface area contributed by atoms with Crippen molar-refractivity contribution in [2.45, 2.75) is 75.0 Å². The van der Waals surface area contributed by atoms with E-state index in [1.807, 2.05) is 6.08 Å². The fourth-order valence-corrected chi connectivity index (χ4v) is 5.34. The quantitative estimate of drug-likeness (QED) is 0.574. The molecular weight excluding hydrogens is 332 g/mol. The van der Waals surface area contributed by atoms with E-state index in [0.29, 0.717) is 17.7 Å². The van der Waals surface area contributed by atoms with Gasteiger partial charge < -0.3 is 9.47 Å². The Kier molecular flexibility index (Phi) is 5.15. The molecule has 2 heterocycles. The highest BCUT2D eigenvalue weighted by Crippen LogP contribution is 2.40. The number of nitrogens with zero attached hydrogens (tertiary/aromatic N) is 4. The average molecular weight is 361 g/mol. The van der Waals surface area contributed by atoms with E-state index in [-0.39, 0.29) is 5.91 Å². The standard InChI is InChI=1S/C19H28N4OS/c1-2-11-23-18(15-9-10-15)20-21-19(23)25-13-17(24)22-12-5-7-14-6-3-4-8-16(14)22/h2,14-16H,1,3-13H2. The molecule has 0 radical (unpaired) electrons. The van der Waals surface area contributed by atoms with Gasteiger partial charge in [-0.05, 0) is 44.4 Å². The Hall–Kier alpha value is -1.30. The lowest BCUT2D eigenvalue weighted by Gasteiger charge is -2.44. The summed E-state index contributed by atoms with van der Waals surface area (Å²) in [6.07, 6.45) is 11.9. The number of allylic oxidation sites excluding steroid dienone is 1. The minimum atomic E-state index is 0.280. The maximum Gasteiger partial charge on any atom is 0.233 e. The van der Waals surface area contributed by atoms with Gasteiger partial charge >= 0.3 is 0 Å². The summed E-state index contributed by atoms with van der Waals surface area (Å²) in [6.45, 7) is 5.51. The molecule has 25 heavy (non-hydrogen) atoms. The topological polar surface area (TPSA) is 51.0 Å². The van der Waals surface area contributed by atoms with Crippen LogP contribution in [-0.2, 0) is 11.3 Å². The highest BCUT2D eigenvalue weighted by molar-refractivity contribution is 7.99. The molecule has 2 saturated carbocycles. The number of hydrogen-bond acceptors (Lipinski definition) is 4. The third-order valence-corrected chi connectivity index (χ3v) is 6.84. The fraction of sp³-hybridized carbons (Fsp3) is 0.737. The molecule has 1 aliphatic heterocycles. The van der Waals surface area contributed by atoms with Gasteiger partial charge in [-0.1, -0.05) is 30.7 Å². The Bertz CT molecular complexity index is 637. The highest BCUT2D eigenvalue weighted by atomic mass is 32.2. The second-order valence-corrected chi connectivity index (χ2v) is 8.59. The Morgan fingerprint density at radius 1 is 1.16 bits per heavy atom. The molecule has 6 heteroatoms. The van der Waals surface area contributed by atoms with Gasteiger partial charge in [0.15, 0.2) is 5.16 Å². The summed E-state index contributed by atoms with van der Waals surface area (Å²) in [5.74, 6) is 3.12. The van der Waals surface area contributed by atoms with Crippen molar-refractivity contribution in [3.8, 4) is 0 Å². The number of thioether (sulfide) groups is 1. The van der Waals surface area contributed by atoms with E-state index in [2.05, 4.69) is 26.2 Å². The Balaban J connectivity index is 1.40. The van der Waals surface area contributed by atoms with Crippen LogP contribution in [0.3, 0.4) is 0 Å². The first kappa shape index (κ1) is 17.1. The Labute approximate surface area is 154 Å². The van der Waals surface area contributed by atoms with Crippen molar-refractivity contribution in [3.63, 3.8) is 0 Å². The van der Waals surface area contributed by atoms with Crippen LogP contribution in [0, 0.1) is 5.92 Å². The molecule has 2 unspecified atom stereocenters. The van der Waals surface area contributed by atoms with E-state index in [0.717, 1.165) is 36.4 Å². The van der Waals surface area contributed by atoms with Crippen LogP contribution in [0.1, 0.15) is 63.1 Å². The minimum Gasteiger partial charge on any atom is -0.339 e. The number of amides is 1. The summed E-state index contributed by atoms with van der Waals surface area (Å²) in [6, 6.07) is 0.490. The summed E-state index contributed by atoms with van der Waals surface area (Å²) < 4.78 is 2.14.